The van der Waals surface area contributed by atoms with Crippen LogP contribution in [-0.2, 0) is 16.4 Å². The summed E-state index contributed by atoms with van der Waals surface area (Å²) >= 11 is 0. The lowest BCUT2D eigenvalue weighted by Gasteiger charge is -2.26. The van der Waals surface area contributed by atoms with E-state index in [1.165, 1.54) is 38.4 Å². The Morgan fingerprint density at radius 2 is 1.84 bits per heavy atom. The molecular formula is C18H28IN3O2S. The minimum absolute atomic E-state index is 0. The predicted octanol–water partition coefficient (Wildman–Crippen LogP) is 3.05. The second kappa shape index (κ2) is 8.24. The molecule has 1 aliphatic carbocycles. The number of nitrogens with zero attached hydrogens (tertiary/aromatic N) is 2. The van der Waals surface area contributed by atoms with Gasteiger partial charge < -0.3 is 10.2 Å². The van der Waals surface area contributed by atoms with Crippen molar-refractivity contribution in [2.45, 2.75) is 43.5 Å². The quantitative estimate of drug-likeness (QED) is 0.413. The van der Waals surface area contributed by atoms with Crippen LogP contribution < -0.4 is 5.32 Å². The molecule has 0 bridgehead atoms. The van der Waals surface area contributed by atoms with Gasteiger partial charge in [-0.3, -0.25) is 4.99 Å². The van der Waals surface area contributed by atoms with Crippen LogP contribution in [0.1, 0.15) is 37.7 Å². The minimum Gasteiger partial charge on any atom is -0.352 e. The Hall–Kier alpha value is -0.830. The lowest BCUT2D eigenvalue weighted by atomic mass is 9.86. The number of guanidine groups is 1. The van der Waals surface area contributed by atoms with E-state index in [1.807, 2.05) is 19.2 Å². The Morgan fingerprint density at radius 3 is 2.40 bits per heavy atom. The Morgan fingerprint density at radius 1 is 1.20 bits per heavy atom. The molecule has 1 aliphatic heterocycles. The predicted molar refractivity (Wildman–Crippen MR) is 112 cm³/mol. The highest BCUT2D eigenvalue weighted by Gasteiger charge is 2.40. The van der Waals surface area contributed by atoms with E-state index in [9.17, 15) is 8.42 Å². The monoisotopic (exact) mass is 477 g/mol. The van der Waals surface area contributed by atoms with Crippen LogP contribution in [0.15, 0.2) is 34.2 Å². The third kappa shape index (κ3) is 4.87. The highest BCUT2D eigenvalue weighted by Crippen LogP contribution is 2.45. The Kier molecular flexibility index (Phi) is 6.75. The topological polar surface area (TPSA) is 61.8 Å². The first-order valence-electron chi connectivity index (χ1n) is 8.67. The fourth-order valence-corrected chi connectivity index (χ4v) is 4.65. The maximum atomic E-state index is 11.5. The fraction of sp³-hybridized carbons (Fsp3) is 0.611. The number of hydrogen-bond acceptors (Lipinski definition) is 3. The van der Waals surface area contributed by atoms with Crippen molar-refractivity contribution in [3.8, 4) is 0 Å². The summed E-state index contributed by atoms with van der Waals surface area (Å²) in [5, 5.41) is 3.42. The van der Waals surface area contributed by atoms with Gasteiger partial charge in [-0.25, -0.2) is 8.42 Å². The van der Waals surface area contributed by atoms with Gasteiger partial charge in [0.1, 0.15) is 0 Å². The van der Waals surface area contributed by atoms with Crippen molar-refractivity contribution in [2.24, 2.45) is 10.4 Å². The third-order valence-electron chi connectivity index (χ3n) is 5.42. The van der Waals surface area contributed by atoms with E-state index in [0.29, 0.717) is 16.9 Å². The molecule has 1 spiro atoms. The van der Waals surface area contributed by atoms with Gasteiger partial charge in [0.05, 0.1) is 4.90 Å². The van der Waals surface area contributed by atoms with E-state index >= 15 is 0 Å². The summed E-state index contributed by atoms with van der Waals surface area (Å²) in [6, 6.07) is 7.05. The molecule has 1 aromatic rings. The zero-order chi connectivity index (χ0) is 17.2. The molecule has 1 aromatic carbocycles. The molecule has 0 atom stereocenters. The number of aliphatic imine (C=N–C) groups is 1. The molecule has 0 unspecified atom stereocenters. The van der Waals surface area contributed by atoms with Crippen LogP contribution in [0.25, 0.3) is 0 Å². The SMILES string of the molecule is CN=C(NCc1ccc(S(C)(=O)=O)cc1)N1CCC2(CCCC2)C1.I. The van der Waals surface area contributed by atoms with Gasteiger partial charge in [-0.1, -0.05) is 25.0 Å². The summed E-state index contributed by atoms with van der Waals surface area (Å²) in [7, 11) is -1.31. The standard InChI is InChI=1S/C18H27N3O2S.HI/c1-19-17(21-12-11-18(14-21)9-3-4-10-18)20-13-15-5-7-16(8-6-15)24(2,22)23;/h5-8H,3-4,9-14H2,1-2H3,(H,19,20);1H. The molecule has 25 heavy (non-hydrogen) atoms. The number of halogens is 1. The molecule has 1 heterocycles. The third-order valence-corrected chi connectivity index (χ3v) is 6.54. The summed E-state index contributed by atoms with van der Waals surface area (Å²) in [5.41, 5.74) is 1.58. The molecule has 7 heteroatoms. The summed E-state index contributed by atoms with van der Waals surface area (Å²) in [6.45, 7) is 2.84. The van der Waals surface area contributed by atoms with Crippen molar-refractivity contribution >= 4 is 39.8 Å². The normalized spacial score (nSPS) is 19.9. The molecule has 5 nitrogen and oxygen atoms in total. The molecule has 140 valence electrons. The summed E-state index contributed by atoms with van der Waals surface area (Å²) in [5.74, 6) is 0.950. The van der Waals surface area contributed by atoms with Gasteiger partial charge in [0.25, 0.3) is 0 Å². The van der Waals surface area contributed by atoms with Crippen molar-refractivity contribution in [1.82, 2.24) is 10.2 Å². The first kappa shape index (κ1) is 20.5. The van der Waals surface area contributed by atoms with Gasteiger partial charge >= 0.3 is 0 Å². The van der Waals surface area contributed by atoms with Gasteiger partial charge in [-0.05, 0) is 42.4 Å². The summed E-state index contributed by atoms with van der Waals surface area (Å²) in [4.78, 5) is 7.16. The largest absolute Gasteiger partial charge is 0.352 e. The Labute approximate surface area is 168 Å². The first-order chi connectivity index (χ1) is 11.4. The van der Waals surface area contributed by atoms with E-state index in [4.69, 9.17) is 0 Å². The van der Waals surface area contributed by atoms with Crippen LogP contribution in [0.3, 0.4) is 0 Å². The number of rotatable bonds is 3. The van der Waals surface area contributed by atoms with Gasteiger partial charge in [-0.2, -0.15) is 0 Å². The number of likely N-dealkylation sites (tertiary alicyclic amines) is 1. The van der Waals surface area contributed by atoms with E-state index in [0.717, 1.165) is 24.6 Å². The summed E-state index contributed by atoms with van der Waals surface area (Å²) < 4.78 is 23.0. The zero-order valence-corrected chi connectivity index (χ0v) is 18.1. The van der Waals surface area contributed by atoms with Gasteiger partial charge in [0, 0.05) is 32.9 Å². The molecule has 2 aliphatic rings. The molecule has 1 N–H and O–H groups in total. The van der Waals surface area contributed by atoms with Crippen LogP contribution >= 0.6 is 24.0 Å². The van der Waals surface area contributed by atoms with Crippen molar-refractivity contribution in [2.75, 3.05) is 26.4 Å². The van der Waals surface area contributed by atoms with E-state index < -0.39 is 9.84 Å². The Bertz CT molecular complexity index is 710. The van der Waals surface area contributed by atoms with Crippen molar-refractivity contribution in [3.05, 3.63) is 29.8 Å². The maximum absolute atomic E-state index is 11.5. The molecule has 0 radical (unpaired) electrons. The van der Waals surface area contributed by atoms with E-state index in [1.54, 1.807) is 12.1 Å². The Balaban J connectivity index is 0.00000225. The molecule has 0 amide bonds. The highest BCUT2D eigenvalue weighted by molar-refractivity contribution is 14.0. The maximum Gasteiger partial charge on any atom is 0.193 e. The second-order valence-corrected chi connectivity index (χ2v) is 9.21. The highest BCUT2D eigenvalue weighted by atomic mass is 127. The van der Waals surface area contributed by atoms with Crippen molar-refractivity contribution in [3.63, 3.8) is 0 Å². The molecule has 3 rings (SSSR count). The second-order valence-electron chi connectivity index (χ2n) is 7.20. The van der Waals surface area contributed by atoms with Crippen LogP contribution in [0.2, 0.25) is 0 Å². The van der Waals surface area contributed by atoms with Crippen molar-refractivity contribution < 1.29 is 8.42 Å². The molecule has 1 saturated heterocycles. The molecule has 2 fully saturated rings. The molecular weight excluding hydrogens is 449 g/mol. The molecule has 0 aromatic heterocycles. The van der Waals surface area contributed by atoms with Crippen LogP contribution in [0, 0.1) is 5.41 Å². The average Bonchev–Trinajstić information content (AvgIpc) is 3.18. The van der Waals surface area contributed by atoms with E-state index in [2.05, 4.69) is 15.2 Å². The van der Waals surface area contributed by atoms with Crippen LogP contribution in [-0.4, -0.2) is 45.7 Å². The summed E-state index contributed by atoms with van der Waals surface area (Å²) in [6.07, 6.45) is 7.95. The lowest BCUT2D eigenvalue weighted by Crippen LogP contribution is -2.40. The zero-order valence-electron chi connectivity index (χ0n) is 15.0. The average molecular weight is 477 g/mol. The smallest absolute Gasteiger partial charge is 0.193 e. The molecule has 1 saturated carbocycles. The number of benzene rings is 1. The number of sulfone groups is 1. The van der Waals surface area contributed by atoms with Gasteiger partial charge in [0.15, 0.2) is 15.8 Å². The van der Waals surface area contributed by atoms with Crippen LogP contribution in [0.4, 0.5) is 0 Å². The van der Waals surface area contributed by atoms with Crippen LogP contribution in [0.5, 0.6) is 0 Å². The lowest BCUT2D eigenvalue weighted by molar-refractivity contribution is 0.309. The van der Waals surface area contributed by atoms with E-state index in [-0.39, 0.29) is 24.0 Å². The van der Waals surface area contributed by atoms with Gasteiger partial charge in [0.2, 0.25) is 0 Å². The fourth-order valence-electron chi connectivity index (χ4n) is 4.02. The van der Waals surface area contributed by atoms with Gasteiger partial charge in [-0.15, -0.1) is 24.0 Å². The number of nitrogens with one attached hydrogen (secondary N) is 1. The van der Waals surface area contributed by atoms with Crippen molar-refractivity contribution in [1.29, 1.82) is 0 Å². The first-order valence-corrected chi connectivity index (χ1v) is 10.6. The minimum atomic E-state index is -3.13. The number of hydrogen-bond donors (Lipinski definition) is 1.